The topological polar surface area (TPSA) is 91.0 Å². The lowest BCUT2D eigenvalue weighted by molar-refractivity contribution is -0.162. The molecule has 1 saturated carbocycles. The first-order valence-corrected chi connectivity index (χ1v) is 15.9. The molecule has 0 bridgehead atoms. The van der Waals surface area contributed by atoms with Gasteiger partial charge in [-0.3, -0.25) is 19.3 Å². The lowest BCUT2D eigenvalue weighted by atomic mass is 9.79. The Kier molecular flexibility index (Phi) is 9.83. The van der Waals surface area contributed by atoms with Gasteiger partial charge in [0.2, 0.25) is 11.8 Å². The number of nitrogens with zero attached hydrogens (tertiary/aromatic N) is 2. The highest BCUT2D eigenvalue weighted by Crippen LogP contribution is 2.36. The number of rotatable bonds is 10. The summed E-state index contributed by atoms with van der Waals surface area (Å²) in [7, 11) is 1.61. The molecule has 8 heteroatoms. The lowest BCUT2D eigenvalue weighted by Crippen LogP contribution is -2.73. The number of nitrogens with one attached hydrogen (secondary N) is 2. The third kappa shape index (κ3) is 6.80. The Hall–Kier alpha value is -3.39. The molecular weight excluding hydrogens is 528 g/mol. The average molecular weight is 575 g/mol. The molecule has 1 spiro atoms. The van der Waals surface area contributed by atoms with Crippen LogP contribution in [0.3, 0.4) is 0 Å². The minimum Gasteiger partial charge on any atom is -0.457 e. The zero-order chi connectivity index (χ0) is 29.5. The van der Waals surface area contributed by atoms with Crippen molar-refractivity contribution in [3.05, 3.63) is 59.7 Å². The number of ether oxygens (including phenoxy) is 1. The first kappa shape index (κ1) is 30.1. The van der Waals surface area contributed by atoms with E-state index in [1.54, 1.807) is 31.3 Å². The number of unbranched alkanes of at least 4 members (excludes halogenated alkanes) is 1. The highest BCUT2D eigenvalue weighted by atomic mass is 16.5. The van der Waals surface area contributed by atoms with Crippen molar-refractivity contribution >= 4 is 17.7 Å². The molecule has 8 nitrogen and oxygen atoms in total. The van der Waals surface area contributed by atoms with Gasteiger partial charge in [0.05, 0.1) is 0 Å². The Bertz CT molecular complexity index is 1220. The molecule has 0 aromatic heterocycles. The molecular formula is C34H46N4O4. The van der Waals surface area contributed by atoms with Crippen molar-refractivity contribution in [1.29, 1.82) is 0 Å². The van der Waals surface area contributed by atoms with Crippen molar-refractivity contribution in [3.8, 4) is 11.5 Å². The maximum absolute atomic E-state index is 13.8. The normalized spacial score (nSPS) is 21.3. The van der Waals surface area contributed by atoms with E-state index in [1.165, 1.54) is 37.7 Å². The number of amides is 3. The van der Waals surface area contributed by atoms with Gasteiger partial charge in [-0.25, -0.2) is 0 Å². The van der Waals surface area contributed by atoms with Crippen LogP contribution in [0.15, 0.2) is 48.5 Å². The number of likely N-dealkylation sites (tertiary alicyclic amines) is 1. The quantitative estimate of drug-likeness (QED) is 0.404. The van der Waals surface area contributed by atoms with Gasteiger partial charge in [0.15, 0.2) is 0 Å². The number of hydrogen-bond acceptors (Lipinski definition) is 5. The smallest absolute Gasteiger partial charge is 0.251 e. The number of piperazine rings is 1. The first-order valence-electron chi connectivity index (χ1n) is 15.9. The number of hydrogen-bond donors (Lipinski definition) is 2. The number of carbonyl (C=O) groups is 3. The second-order valence-corrected chi connectivity index (χ2v) is 12.3. The number of piperidine rings is 1. The Morgan fingerprint density at radius 3 is 2.24 bits per heavy atom. The molecule has 3 aliphatic rings. The van der Waals surface area contributed by atoms with Crippen LogP contribution in [0, 0.1) is 5.92 Å². The van der Waals surface area contributed by atoms with Gasteiger partial charge in [0.1, 0.15) is 23.1 Å². The third-order valence-electron chi connectivity index (χ3n) is 9.43. The number of carbonyl (C=O) groups excluding carboxylic acids is 3. The molecule has 42 heavy (non-hydrogen) atoms. The van der Waals surface area contributed by atoms with Crippen molar-refractivity contribution < 1.29 is 19.1 Å². The molecule has 3 fully saturated rings. The molecule has 5 rings (SSSR count). The fourth-order valence-electron chi connectivity index (χ4n) is 6.89. The van der Waals surface area contributed by atoms with E-state index in [0.717, 1.165) is 44.6 Å². The molecule has 2 heterocycles. The molecule has 2 saturated heterocycles. The summed E-state index contributed by atoms with van der Waals surface area (Å²) < 4.78 is 5.96. The van der Waals surface area contributed by atoms with E-state index in [-0.39, 0.29) is 23.8 Å². The van der Waals surface area contributed by atoms with E-state index in [4.69, 9.17) is 4.74 Å². The summed E-state index contributed by atoms with van der Waals surface area (Å²) in [6, 6.07) is 14.7. The van der Waals surface area contributed by atoms with Gasteiger partial charge >= 0.3 is 0 Å². The average Bonchev–Trinajstić information content (AvgIpc) is 3.02. The van der Waals surface area contributed by atoms with Gasteiger partial charge in [-0.15, -0.1) is 0 Å². The van der Waals surface area contributed by atoms with E-state index in [2.05, 4.69) is 34.6 Å². The second-order valence-electron chi connectivity index (χ2n) is 12.3. The van der Waals surface area contributed by atoms with Crippen LogP contribution in [-0.2, 0) is 16.1 Å². The van der Waals surface area contributed by atoms with E-state index < -0.39 is 5.54 Å². The summed E-state index contributed by atoms with van der Waals surface area (Å²) in [5.74, 6) is 2.02. The molecule has 1 atom stereocenters. The Balaban J connectivity index is 1.17. The van der Waals surface area contributed by atoms with Crippen molar-refractivity contribution in [3.63, 3.8) is 0 Å². The molecule has 2 aromatic rings. The number of benzene rings is 2. The Morgan fingerprint density at radius 1 is 0.976 bits per heavy atom. The van der Waals surface area contributed by atoms with Crippen LogP contribution >= 0.6 is 0 Å². The van der Waals surface area contributed by atoms with E-state index in [1.807, 2.05) is 17.0 Å². The van der Waals surface area contributed by atoms with Crippen LogP contribution in [0.1, 0.15) is 87.1 Å². The minimum absolute atomic E-state index is 0.0588. The van der Waals surface area contributed by atoms with Gasteiger partial charge in [-0.05, 0) is 73.6 Å². The summed E-state index contributed by atoms with van der Waals surface area (Å²) in [5.41, 5.74) is 1.04. The van der Waals surface area contributed by atoms with Crippen LogP contribution in [0.4, 0.5) is 0 Å². The van der Waals surface area contributed by atoms with Crippen molar-refractivity contribution in [2.75, 3.05) is 26.7 Å². The fourth-order valence-corrected chi connectivity index (χ4v) is 6.89. The minimum atomic E-state index is -0.725. The first-order chi connectivity index (χ1) is 20.4. The van der Waals surface area contributed by atoms with Crippen molar-refractivity contribution in [2.24, 2.45) is 5.92 Å². The molecule has 2 aliphatic heterocycles. The SMILES string of the molecule is CCCCN1C(=O)[C@H](CC2CCCCC2)NC(=O)C12CCN(Cc1ccc(Oc3ccc(C(=O)NC)cc3)cc1)CC2. The predicted octanol–water partition coefficient (Wildman–Crippen LogP) is 5.27. The Morgan fingerprint density at radius 2 is 1.62 bits per heavy atom. The highest BCUT2D eigenvalue weighted by molar-refractivity contribution is 6.00. The molecule has 226 valence electrons. The summed E-state index contributed by atoms with van der Waals surface area (Å²) in [5, 5.41) is 5.82. The maximum atomic E-state index is 13.8. The predicted molar refractivity (Wildman–Crippen MR) is 163 cm³/mol. The van der Waals surface area contributed by atoms with Crippen LogP contribution in [0.25, 0.3) is 0 Å². The van der Waals surface area contributed by atoms with Gasteiger partial charge in [0, 0.05) is 38.8 Å². The van der Waals surface area contributed by atoms with Crippen molar-refractivity contribution in [1.82, 2.24) is 20.4 Å². The van der Waals surface area contributed by atoms with Gasteiger partial charge in [-0.2, -0.15) is 0 Å². The Labute approximate surface area is 250 Å². The summed E-state index contributed by atoms with van der Waals surface area (Å²) >= 11 is 0. The lowest BCUT2D eigenvalue weighted by Gasteiger charge is -2.52. The van der Waals surface area contributed by atoms with Crippen LogP contribution in [-0.4, -0.2) is 65.8 Å². The molecule has 1 aliphatic carbocycles. The summed E-state index contributed by atoms with van der Waals surface area (Å²) in [4.78, 5) is 43.6. The van der Waals surface area contributed by atoms with Crippen LogP contribution in [0.5, 0.6) is 11.5 Å². The molecule has 2 N–H and O–H groups in total. The molecule has 3 amide bonds. The monoisotopic (exact) mass is 574 g/mol. The fraction of sp³-hybridized carbons (Fsp3) is 0.559. The molecule has 0 radical (unpaired) electrons. The van der Waals surface area contributed by atoms with E-state index in [9.17, 15) is 14.4 Å². The largest absolute Gasteiger partial charge is 0.457 e. The van der Waals surface area contributed by atoms with Crippen LogP contribution < -0.4 is 15.4 Å². The second kappa shape index (κ2) is 13.7. The zero-order valence-corrected chi connectivity index (χ0v) is 25.2. The third-order valence-corrected chi connectivity index (χ3v) is 9.43. The molecule has 0 unspecified atom stereocenters. The van der Waals surface area contributed by atoms with Crippen molar-refractivity contribution in [2.45, 2.75) is 89.3 Å². The van der Waals surface area contributed by atoms with Gasteiger partial charge in [-0.1, -0.05) is 57.6 Å². The van der Waals surface area contributed by atoms with Crippen LogP contribution in [0.2, 0.25) is 0 Å². The molecule has 2 aromatic carbocycles. The summed E-state index contributed by atoms with van der Waals surface area (Å²) in [6.07, 6.45) is 10.2. The van der Waals surface area contributed by atoms with E-state index >= 15 is 0 Å². The zero-order valence-electron chi connectivity index (χ0n) is 25.2. The highest BCUT2D eigenvalue weighted by Gasteiger charge is 2.53. The van der Waals surface area contributed by atoms with Gasteiger partial charge in [0.25, 0.3) is 5.91 Å². The standard InChI is InChI=1S/C34H46N4O4/c1-3-4-20-38-32(40)30(23-25-8-6-5-7-9-25)36-33(41)34(38)18-21-37(22-19-34)24-26-10-14-28(15-11-26)42-29-16-12-27(13-17-29)31(39)35-2/h10-17,25,30H,3-9,18-24H2,1-2H3,(H,35,39)(H,36,41)/t30-/m0/s1. The van der Waals surface area contributed by atoms with E-state index in [0.29, 0.717) is 36.6 Å². The maximum Gasteiger partial charge on any atom is 0.251 e. The summed E-state index contributed by atoms with van der Waals surface area (Å²) in [6.45, 7) is 5.13. The van der Waals surface area contributed by atoms with Gasteiger partial charge < -0.3 is 20.3 Å².